The molecule has 0 atom stereocenters. The number of nitrogens with two attached hydrogens (primary N) is 1. The van der Waals surface area contributed by atoms with Crippen molar-refractivity contribution in [1.29, 1.82) is 0 Å². The van der Waals surface area contributed by atoms with E-state index in [1.165, 1.54) is 5.56 Å². The summed E-state index contributed by atoms with van der Waals surface area (Å²) in [7, 11) is 0. The van der Waals surface area contributed by atoms with Crippen LogP contribution in [0.3, 0.4) is 0 Å². The number of anilines is 1. The first kappa shape index (κ1) is 13.5. The minimum absolute atomic E-state index is 0.535. The molecular formula is C16H21N3. The summed E-state index contributed by atoms with van der Waals surface area (Å²) in [6, 6.07) is 10.3. The van der Waals surface area contributed by atoms with Crippen molar-refractivity contribution >= 4 is 5.82 Å². The van der Waals surface area contributed by atoms with E-state index in [-0.39, 0.29) is 0 Å². The van der Waals surface area contributed by atoms with Gasteiger partial charge in [0.05, 0.1) is 0 Å². The third kappa shape index (κ3) is 3.53. The lowest BCUT2D eigenvalue weighted by Gasteiger charge is -2.07. The SMILES string of the molecule is CCc1cc(N)nc(-c2ccc(CC(C)C)cc2)n1. The van der Waals surface area contributed by atoms with Crippen LogP contribution < -0.4 is 5.73 Å². The molecule has 1 aromatic heterocycles. The summed E-state index contributed by atoms with van der Waals surface area (Å²) in [5.41, 5.74) is 9.17. The third-order valence-electron chi connectivity index (χ3n) is 3.02. The molecule has 0 aliphatic carbocycles. The fourth-order valence-corrected chi connectivity index (χ4v) is 2.09. The van der Waals surface area contributed by atoms with E-state index in [1.807, 2.05) is 6.07 Å². The highest BCUT2D eigenvalue weighted by atomic mass is 14.9. The molecule has 0 aliphatic rings. The summed E-state index contributed by atoms with van der Waals surface area (Å²) < 4.78 is 0. The number of hydrogen-bond acceptors (Lipinski definition) is 3. The molecule has 3 heteroatoms. The number of rotatable bonds is 4. The van der Waals surface area contributed by atoms with Crippen LogP contribution in [0.5, 0.6) is 0 Å². The number of nitrogen functional groups attached to an aromatic ring is 1. The van der Waals surface area contributed by atoms with Crippen LogP contribution in [-0.4, -0.2) is 9.97 Å². The Morgan fingerprint density at radius 3 is 2.37 bits per heavy atom. The maximum atomic E-state index is 5.82. The topological polar surface area (TPSA) is 51.8 Å². The standard InChI is InChI=1S/C16H21N3/c1-4-14-10-15(17)19-16(18-14)13-7-5-12(6-8-13)9-11(2)3/h5-8,10-11H,4,9H2,1-3H3,(H2,17,18,19). The Morgan fingerprint density at radius 1 is 1.11 bits per heavy atom. The van der Waals surface area contributed by atoms with Gasteiger partial charge in [-0.1, -0.05) is 45.0 Å². The zero-order valence-electron chi connectivity index (χ0n) is 11.9. The second-order valence-corrected chi connectivity index (χ2v) is 5.26. The molecule has 3 nitrogen and oxygen atoms in total. The normalized spacial score (nSPS) is 10.9. The smallest absolute Gasteiger partial charge is 0.161 e. The van der Waals surface area contributed by atoms with Crippen LogP contribution in [0.2, 0.25) is 0 Å². The van der Waals surface area contributed by atoms with Crippen molar-refractivity contribution in [3.63, 3.8) is 0 Å². The van der Waals surface area contributed by atoms with Crippen LogP contribution in [-0.2, 0) is 12.8 Å². The number of nitrogens with zero attached hydrogens (tertiary/aromatic N) is 2. The fourth-order valence-electron chi connectivity index (χ4n) is 2.09. The monoisotopic (exact) mass is 255 g/mol. The molecule has 0 fully saturated rings. The van der Waals surface area contributed by atoms with Crippen molar-refractivity contribution in [1.82, 2.24) is 9.97 Å². The maximum Gasteiger partial charge on any atom is 0.161 e. The van der Waals surface area contributed by atoms with Gasteiger partial charge in [0.25, 0.3) is 0 Å². The first-order valence-corrected chi connectivity index (χ1v) is 6.81. The largest absolute Gasteiger partial charge is 0.384 e. The number of aromatic nitrogens is 2. The van der Waals surface area contributed by atoms with E-state index in [4.69, 9.17) is 5.73 Å². The average molecular weight is 255 g/mol. The first-order chi connectivity index (χ1) is 9.08. The molecule has 0 aliphatic heterocycles. The molecular weight excluding hydrogens is 234 g/mol. The Labute approximate surface area is 114 Å². The Bertz CT molecular complexity index is 544. The predicted molar refractivity (Wildman–Crippen MR) is 79.8 cm³/mol. The molecule has 0 bridgehead atoms. The Balaban J connectivity index is 2.29. The molecule has 2 aromatic rings. The lowest BCUT2D eigenvalue weighted by atomic mass is 10.0. The van der Waals surface area contributed by atoms with E-state index in [1.54, 1.807) is 0 Å². The van der Waals surface area contributed by atoms with E-state index in [2.05, 4.69) is 55.0 Å². The van der Waals surface area contributed by atoms with Gasteiger partial charge in [-0.2, -0.15) is 0 Å². The molecule has 0 unspecified atom stereocenters. The van der Waals surface area contributed by atoms with E-state index in [9.17, 15) is 0 Å². The van der Waals surface area contributed by atoms with Crippen molar-refractivity contribution < 1.29 is 0 Å². The predicted octanol–water partition coefficient (Wildman–Crippen LogP) is 3.49. The van der Waals surface area contributed by atoms with Crippen LogP contribution >= 0.6 is 0 Å². The molecule has 0 saturated carbocycles. The summed E-state index contributed by atoms with van der Waals surface area (Å²) in [6.45, 7) is 6.52. The zero-order chi connectivity index (χ0) is 13.8. The Morgan fingerprint density at radius 2 is 1.79 bits per heavy atom. The molecule has 100 valence electrons. The minimum atomic E-state index is 0.535. The van der Waals surface area contributed by atoms with Crippen LogP contribution in [0.15, 0.2) is 30.3 Å². The second kappa shape index (κ2) is 5.83. The van der Waals surface area contributed by atoms with Gasteiger partial charge >= 0.3 is 0 Å². The van der Waals surface area contributed by atoms with Crippen molar-refractivity contribution in [2.75, 3.05) is 5.73 Å². The van der Waals surface area contributed by atoms with E-state index < -0.39 is 0 Å². The van der Waals surface area contributed by atoms with Gasteiger partial charge in [-0.25, -0.2) is 9.97 Å². The highest BCUT2D eigenvalue weighted by Crippen LogP contribution is 2.19. The quantitative estimate of drug-likeness (QED) is 0.909. The van der Waals surface area contributed by atoms with Crippen molar-refractivity contribution in [3.05, 3.63) is 41.6 Å². The maximum absolute atomic E-state index is 5.82. The van der Waals surface area contributed by atoms with E-state index in [0.717, 1.165) is 24.1 Å². The van der Waals surface area contributed by atoms with Gasteiger partial charge in [-0.15, -0.1) is 0 Å². The van der Waals surface area contributed by atoms with Crippen molar-refractivity contribution in [3.8, 4) is 11.4 Å². The van der Waals surface area contributed by atoms with Crippen LogP contribution in [0.4, 0.5) is 5.82 Å². The summed E-state index contributed by atoms with van der Waals surface area (Å²) in [4.78, 5) is 8.83. The van der Waals surface area contributed by atoms with Crippen LogP contribution in [0, 0.1) is 5.92 Å². The molecule has 1 aromatic carbocycles. The van der Waals surface area contributed by atoms with Gasteiger partial charge in [-0.05, 0) is 24.3 Å². The zero-order valence-corrected chi connectivity index (χ0v) is 11.9. The van der Waals surface area contributed by atoms with Crippen molar-refractivity contribution in [2.24, 2.45) is 5.92 Å². The Hall–Kier alpha value is -1.90. The van der Waals surface area contributed by atoms with Crippen LogP contribution in [0.25, 0.3) is 11.4 Å². The summed E-state index contributed by atoms with van der Waals surface area (Å²) >= 11 is 0. The lowest BCUT2D eigenvalue weighted by Crippen LogP contribution is -2.00. The summed E-state index contributed by atoms with van der Waals surface area (Å²) in [5.74, 6) is 1.92. The number of benzene rings is 1. The molecule has 19 heavy (non-hydrogen) atoms. The average Bonchev–Trinajstić information content (AvgIpc) is 2.38. The second-order valence-electron chi connectivity index (χ2n) is 5.26. The molecule has 0 radical (unpaired) electrons. The molecule has 0 spiro atoms. The Kier molecular flexibility index (Phi) is 4.15. The van der Waals surface area contributed by atoms with Gasteiger partial charge in [0.2, 0.25) is 0 Å². The molecule has 0 amide bonds. The van der Waals surface area contributed by atoms with E-state index in [0.29, 0.717) is 17.6 Å². The minimum Gasteiger partial charge on any atom is -0.384 e. The van der Waals surface area contributed by atoms with Gasteiger partial charge in [-0.3, -0.25) is 0 Å². The highest BCUT2D eigenvalue weighted by Gasteiger charge is 2.05. The third-order valence-corrected chi connectivity index (χ3v) is 3.02. The summed E-state index contributed by atoms with van der Waals surface area (Å²) in [5, 5.41) is 0. The van der Waals surface area contributed by atoms with Gasteiger partial charge in [0, 0.05) is 17.3 Å². The van der Waals surface area contributed by atoms with Gasteiger partial charge < -0.3 is 5.73 Å². The fraction of sp³-hybridized carbons (Fsp3) is 0.375. The molecule has 1 heterocycles. The van der Waals surface area contributed by atoms with Gasteiger partial charge in [0.1, 0.15) is 5.82 Å². The molecule has 2 N–H and O–H groups in total. The van der Waals surface area contributed by atoms with Gasteiger partial charge in [0.15, 0.2) is 5.82 Å². The van der Waals surface area contributed by atoms with E-state index >= 15 is 0 Å². The van der Waals surface area contributed by atoms with Crippen molar-refractivity contribution in [2.45, 2.75) is 33.6 Å². The molecule has 2 rings (SSSR count). The van der Waals surface area contributed by atoms with Crippen LogP contribution in [0.1, 0.15) is 32.0 Å². The summed E-state index contributed by atoms with van der Waals surface area (Å²) in [6.07, 6.45) is 1.96. The molecule has 0 saturated heterocycles. The lowest BCUT2D eigenvalue weighted by molar-refractivity contribution is 0.647. The number of hydrogen-bond donors (Lipinski definition) is 1. The number of aryl methyl sites for hydroxylation is 1. The first-order valence-electron chi connectivity index (χ1n) is 6.81. The highest BCUT2D eigenvalue weighted by molar-refractivity contribution is 5.57.